The maximum absolute atomic E-state index is 4.17. The highest BCUT2D eigenvalue weighted by atomic mass is 32.1. The van der Waals surface area contributed by atoms with Gasteiger partial charge in [-0.05, 0) is 22.9 Å². The molecule has 2 nitrogen and oxygen atoms in total. The number of nitrogens with zero attached hydrogens (tertiary/aromatic N) is 2. The summed E-state index contributed by atoms with van der Waals surface area (Å²) < 4.78 is 1.84. The topological polar surface area (TPSA) is 17.8 Å². The van der Waals surface area contributed by atoms with E-state index >= 15 is 0 Å². The molecule has 0 aliphatic rings. The number of rotatable bonds is 2. The van der Waals surface area contributed by atoms with Crippen LogP contribution in [0.25, 0.3) is 11.1 Å². The molecule has 0 amide bonds. The molecule has 14 heavy (non-hydrogen) atoms. The Hall–Kier alpha value is -1.09. The minimum atomic E-state index is 0.616. The van der Waals surface area contributed by atoms with Crippen LogP contribution in [0.15, 0.2) is 23.8 Å². The van der Waals surface area contributed by atoms with Crippen molar-refractivity contribution in [1.29, 1.82) is 0 Å². The van der Waals surface area contributed by atoms with Gasteiger partial charge in [0, 0.05) is 23.7 Å². The van der Waals surface area contributed by atoms with E-state index in [2.05, 4.69) is 30.4 Å². The van der Waals surface area contributed by atoms with Gasteiger partial charge in [0.05, 0.1) is 6.20 Å². The average Bonchev–Trinajstić information content (AvgIpc) is 2.70. The first-order chi connectivity index (χ1) is 6.66. The molecular formula is C11H14N2S. The van der Waals surface area contributed by atoms with Gasteiger partial charge in [-0.25, -0.2) is 0 Å². The maximum Gasteiger partial charge on any atom is 0.0568 e. The second kappa shape index (κ2) is 3.58. The number of thiophene rings is 1. The van der Waals surface area contributed by atoms with Crippen LogP contribution in [0.2, 0.25) is 0 Å². The predicted molar refractivity (Wildman–Crippen MR) is 60.6 cm³/mol. The Bertz CT molecular complexity index is 426. The van der Waals surface area contributed by atoms with Gasteiger partial charge < -0.3 is 0 Å². The lowest BCUT2D eigenvalue weighted by molar-refractivity contribution is 0.768. The van der Waals surface area contributed by atoms with Crippen molar-refractivity contribution in [2.24, 2.45) is 7.05 Å². The van der Waals surface area contributed by atoms with Crippen LogP contribution in [0.4, 0.5) is 0 Å². The first kappa shape index (κ1) is 9.46. The molecule has 0 saturated heterocycles. The molecular weight excluding hydrogens is 192 g/mol. The average molecular weight is 206 g/mol. The molecule has 0 aliphatic heterocycles. The van der Waals surface area contributed by atoms with Gasteiger partial charge in [-0.1, -0.05) is 13.8 Å². The molecule has 0 atom stereocenters. The van der Waals surface area contributed by atoms with Crippen LogP contribution < -0.4 is 0 Å². The summed E-state index contributed by atoms with van der Waals surface area (Å²) in [6.07, 6.45) is 3.96. The minimum absolute atomic E-state index is 0.616. The summed E-state index contributed by atoms with van der Waals surface area (Å²) in [5.41, 5.74) is 2.49. The van der Waals surface area contributed by atoms with Gasteiger partial charge >= 0.3 is 0 Å². The van der Waals surface area contributed by atoms with E-state index in [-0.39, 0.29) is 0 Å². The van der Waals surface area contributed by atoms with Crippen LogP contribution in [0.1, 0.15) is 24.6 Å². The largest absolute Gasteiger partial charge is 0.275 e. The van der Waals surface area contributed by atoms with Crippen molar-refractivity contribution in [2.75, 3.05) is 0 Å². The SMILES string of the molecule is CC(C)c1cc(-c2cnn(C)c2)cs1. The molecule has 0 radical (unpaired) electrons. The third-order valence-electron chi connectivity index (χ3n) is 2.23. The monoisotopic (exact) mass is 206 g/mol. The van der Waals surface area contributed by atoms with E-state index in [1.165, 1.54) is 16.0 Å². The van der Waals surface area contributed by atoms with Crippen LogP contribution >= 0.6 is 11.3 Å². The summed E-state index contributed by atoms with van der Waals surface area (Å²) >= 11 is 1.82. The van der Waals surface area contributed by atoms with Gasteiger partial charge in [0.2, 0.25) is 0 Å². The Balaban J connectivity index is 2.33. The summed E-state index contributed by atoms with van der Waals surface area (Å²) in [5, 5.41) is 6.37. The van der Waals surface area contributed by atoms with Gasteiger partial charge in [0.1, 0.15) is 0 Å². The number of hydrogen-bond donors (Lipinski definition) is 0. The van der Waals surface area contributed by atoms with Crippen molar-refractivity contribution >= 4 is 11.3 Å². The van der Waals surface area contributed by atoms with E-state index in [1.54, 1.807) is 0 Å². The van der Waals surface area contributed by atoms with Gasteiger partial charge in [-0.15, -0.1) is 11.3 Å². The molecule has 0 bridgehead atoms. The van der Waals surface area contributed by atoms with Gasteiger partial charge in [0.15, 0.2) is 0 Å². The zero-order valence-electron chi connectivity index (χ0n) is 8.69. The zero-order chi connectivity index (χ0) is 10.1. The van der Waals surface area contributed by atoms with E-state index in [0.717, 1.165) is 0 Å². The van der Waals surface area contributed by atoms with Crippen LogP contribution in [-0.4, -0.2) is 9.78 Å². The highest BCUT2D eigenvalue weighted by molar-refractivity contribution is 7.10. The van der Waals surface area contributed by atoms with E-state index < -0.39 is 0 Å². The van der Waals surface area contributed by atoms with Crippen molar-refractivity contribution < 1.29 is 0 Å². The van der Waals surface area contributed by atoms with E-state index in [1.807, 2.05) is 35.5 Å². The van der Waals surface area contributed by atoms with Crippen molar-refractivity contribution in [3.63, 3.8) is 0 Å². The number of hydrogen-bond acceptors (Lipinski definition) is 2. The lowest BCUT2D eigenvalue weighted by Gasteiger charge is -1.96. The Labute approximate surface area is 88.2 Å². The van der Waals surface area contributed by atoms with E-state index in [4.69, 9.17) is 0 Å². The highest BCUT2D eigenvalue weighted by Gasteiger charge is 2.06. The molecule has 2 heterocycles. The molecule has 0 fully saturated rings. The Kier molecular flexibility index (Phi) is 2.42. The Morgan fingerprint density at radius 1 is 1.36 bits per heavy atom. The third kappa shape index (κ3) is 1.73. The molecule has 3 heteroatoms. The van der Waals surface area contributed by atoms with E-state index in [9.17, 15) is 0 Å². The first-order valence-electron chi connectivity index (χ1n) is 4.74. The summed E-state index contributed by atoms with van der Waals surface area (Å²) in [4.78, 5) is 1.43. The Morgan fingerprint density at radius 3 is 2.64 bits per heavy atom. The molecule has 0 N–H and O–H groups in total. The van der Waals surface area contributed by atoms with Gasteiger partial charge in [-0.2, -0.15) is 5.10 Å². The summed E-state index contributed by atoms with van der Waals surface area (Å²) in [6, 6.07) is 2.26. The van der Waals surface area contributed by atoms with Crippen LogP contribution in [0.5, 0.6) is 0 Å². The molecule has 0 saturated carbocycles. The lowest BCUT2D eigenvalue weighted by Crippen LogP contribution is -1.83. The molecule has 74 valence electrons. The maximum atomic E-state index is 4.17. The highest BCUT2D eigenvalue weighted by Crippen LogP contribution is 2.29. The molecule has 0 spiro atoms. The zero-order valence-corrected chi connectivity index (χ0v) is 9.51. The van der Waals surface area contributed by atoms with Crippen molar-refractivity contribution in [3.8, 4) is 11.1 Å². The predicted octanol–water partition coefficient (Wildman–Crippen LogP) is 3.27. The fraction of sp³-hybridized carbons (Fsp3) is 0.364. The standard InChI is InChI=1S/C11H14N2S/c1-8(2)11-4-9(7-14-11)10-5-12-13(3)6-10/h4-8H,1-3H3. The molecule has 2 rings (SSSR count). The minimum Gasteiger partial charge on any atom is -0.275 e. The van der Waals surface area contributed by atoms with Crippen LogP contribution in [0.3, 0.4) is 0 Å². The first-order valence-corrected chi connectivity index (χ1v) is 5.62. The fourth-order valence-corrected chi connectivity index (χ4v) is 2.31. The summed E-state index contributed by atoms with van der Waals surface area (Å²) in [7, 11) is 1.94. The smallest absolute Gasteiger partial charge is 0.0568 e. The quantitative estimate of drug-likeness (QED) is 0.737. The third-order valence-corrected chi connectivity index (χ3v) is 3.46. The fourth-order valence-electron chi connectivity index (χ4n) is 1.38. The van der Waals surface area contributed by atoms with Crippen LogP contribution in [-0.2, 0) is 7.05 Å². The molecule has 0 aromatic carbocycles. The second-order valence-electron chi connectivity index (χ2n) is 3.80. The summed E-state index contributed by atoms with van der Waals surface area (Å²) in [5.74, 6) is 0.616. The molecule has 2 aromatic heterocycles. The Morgan fingerprint density at radius 2 is 2.14 bits per heavy atom. The normalized spacial score (nSPS) is 11.1. The lowest BCUT2D eigenvalue weighted by atomic mass is 10.1. The van der Waals surface area contributed by atoms with Crippen molar-refractivity contribution in [3.05, 3.63) is 28.7 Å². The number of aromatic nitrogens is 2. The van der Waals surface area contributed by atoms with Crippen molar-refractivity contribution in [1.82, 2.24) is 9.78 Å². The summed E-state index contributed by atoms with van der Waals surface area (Å²) in [6.45, 7) is 4.44. The van der Waals surface area contributed by atoms with Crippen molar-refractivity contribution in [2.45, 2.75) is 19.8 Å². The molecule has 0 aliphatic carbocycles. The van der Waals surface area contributed by atoms with Gasteiger partial charge in [0.25, 0.3) is 0 Å². The number of aryl methyl sites for hydroxylation is 1. The molecule has 0 unspecified atom stereocenters. The van der Waals surface area contributed by atoms with Gasteiger partial charge in [-0.3, -0.25) is 4.68 Å². The second-order valence-corrected chi connectivity index (χ2v) is 4.74. The van der Waals surface area contributed by atoms with E-state index in [0.29, 0.717) is 5.92 Å². The molecule has 2 aromatic rings. The van der Waals surface area contributed by atoms with Crippen LogP contribution in [0, 0.1) is 0 Å².